The van der Waals surface area contributed by atoms with Gasteiger partial charge in [0.25, 0.3) is 0 Å². The van der Waals surface area contributed by atoms with E-state index in [9.17, 15) is 9.59 Å². The Bertz CT molecular complexity index is 1130. The standard InChI is InChI=1S/C24H22ClN3O2/c25-18-6-3-5-17(14-18)21(29)15-24(10-11-24)23(30)27-19-9-8-16-4-1-2-7-20(16)28-13-12-26-22(19)28/h1-7,12-14,19H,8-11,15H2,(H,27,30)/t19-/m1/s1. The van der Waals surface area contributed by atoms with Crippen molar-refractivity contribution in [2.24, 2.45) is 5.41 Å². The first-order chi connectivity index (χ1) is 14.6. The van der Waals surface area contributed by atoms with Crippen LogP contribution < -0.4 is 5.32 Å². The molecule has 1 atom stereocenters. The maximum Gasteiger partial charge on any atom is 0.227 e. The second-order valence-corrected chi connectivity index (χ2v) is 8.68. The van der Waals surface area contributed by atoms with Crippen molar-refractivity contribution in [1.29, 1.82) is 0 Å². The van der Waals surface area contributed by atoms with E-state index in [1.165, 1.54) is 5.56 Å². The minimum Gasteiger partial charge on any atom is -0.346 e. The molecule has 0 radical (unpaired) electrons. The summed E-state index contributed by atoms with van der Waals surface area (Å²) in [4.78, 5) is 30.5. The average molecular weight is 420 g/mol. The largest absolute Gasteiger partial charge is 0.346 e. The molecule has 5 nitrogen and oxygen atoms in total. The molecule has 6 heteroatoms. The maximum absolute atomic E-state index is 13.2. The number of fused-ring (bicyclic) bond motifs is 3. The van der Waals surface area contributed by atoms with E-state index in [-0.39, 0.29) is 24.2 Å². The Kier molecular flexibility index (Phi) is 4.70. The van der Waals surface area contributed by atoms with Crippen LogP contribution in [-0.4, -0.2) is 21.2 Å². The van der Waals surface area contributed by atoms with Crippen molar-refractivity contribution in [1.82, 2.24) is 14.9 Å². The Morgan fingerprint density at radius 3 is 2.80 bits per heavy atom. The lowest BCUT2D eigenvalue weighted by atomic mass is 9.94. The van der Waals surface area contributed by atoms with Crippen LogP contribution in [0.1, 0.15) is 53.5 Å². The topological polar surface area (TPSA) is 64.0 Å². The molecule has 2 heterocycles. The molecule has 0 unspecified atom stereocenters. The summed E-state index contributed by atoms with van der Waals surface area (Å²) < 4.78 is 2.06. The van der Waals surface area contributed by atoms with Gasteiger partial charge in [0.2, 0.25) is 5.91 Å². The number of hydrogen-bond acceptors (Lipinski definition) is 3. The number of nitrogens with zero attached hydrogens (tertiary/aromatic N) is 2. The number of rotatable bonds is 5. The molecule has 30 heavy (non-hydrogen) atoms. The molecule has 1 aromatic heterocycles. The Hall–Kier alpha value is -2.92. The number of carbonyl (C=O) groups is 2. The van der Waals surface area contributed by atoms with Crippen LogP contribution in [0.15, 0.2) is 60.9 Å². The number of para-hydroxylation sites is 1. The van der Waals surface area contributed by atoms with Gasteiger partial charge in [0.15, 0.2) is 5.78 Å². The van der Waals surface area contributed by atoms with Crippen molar-refractivity contribution in [3.8, 4) is 5.69 Å². The zero-order valence-corrected chi connectivity index (χ0v) is 17.2. The van der Waals surface area contributed by atoms with Gasteiger partial charge in [-0.3, -0.25) is 9.59 Å². The first-order valence-corrected chi connectivity index (χ1v) is 10.6. The summed E-state index contributed by atoms with van der Waals surface area (Å²) in [6.45, 7) is 0. The Morgan fingerprint density at radius 1 is 1.17 bits per heavy atom. The van der Waals surface area contributed by atoms with Gasteiger partial charge in [0.05, 0.1) is 11.5 Å². The van der Waals surface area contributed by atoms with E-state index in [0.29, 0.717) is 10.6 Å². The van der Waals surface area contributed by atoms with Crippen LogP contribution in [-0.2, 0) is 11.2 Å². The second-order valence-electron chi connectivity index (χ2n) is 8.24. The van der Waals surface area contributed by atoms with Crippen LogP contribution in [0.4, 0.5) is 0 Å². The molecule has 1 N–H and O–H groups in total. The highest BCUT2D eigenvalue weighted by atomic mass is 35.5. The highest BCUT2D eigenvalue weighted by Crippen LogP contribution is 2.50. The lowest BCUT2D eigenvalue weighted by Crippen LogP contribution is -2.37. The normalized spacial score (nSPS) is 18.6. The fourth-order valence-electron chi connectivity index (χ4n) is 4.32. The lowest BCUT2D eigenvalue weighted by Gasteiger charge is -2.21. The Labute approximate surface area is 180 Å². The number of hydrogen-bond donors (Lipinski definition) is 1. The van der Waals surface area contributed by atoms with E-state index >= 15 is 0 Å². The van der Waals surface area contributed by atoms with Gasteiger partial charge in [0.1, 0.15) is 5.82 Å². The van der Waals surface area contributed by atoms with Crippen LogP contribution in [0.5, 0.6) is 0 Å². The van der Waals surface area contributed by atoms with Gasteiger partial charge in [-0.2, -0.15) is 0 Å². The molecule has 3 aromatic rings. The fraction of sp³-hybridized carbons (Fsp3) is 0.292. The Balaban J connectivity index is 1.34. The number of aromatic nitrogens is 2. The molecule has 0 saturated heterocycles. The lowest BCUT2D eigenvalue weighted by molar-refractivity contribution is -0.127. The SMILES string of the molecule is O=C(CC1(C(=O)N[C@@H]2CCc3ccccc3-n3ccnc32)CC1)c1cccc(Cl)c1. The molecule has 2 aliphatic rings. The van der Waals surface area contributed by atoms with E-state index in [0.717, 1.165) is 37.2 Å². The van der Waals surface area contributed by atoms with Gasteiger partial charge in [-0.05, 0) is 49.4 Å². The van der Waals surface area contributed by atoms with Crippen molar-refractivity contribution >= 4 is 23.3 Å². The van der Waals surface area contributed by atoms with E-state index < -0.39 is 5.41 Å². The molecule has 152 valence electrons. The fourth-order valence-corrected chi connectivity index (χ4v) is 4.51. The third kappa shape index (κ3) is 3.43. The van der Waals surface area contributed by atoms with Crippen LogP contribution in [0, 0.1) is 5.41 Å². The predicted molar refractivity (Wildman–Crippen MR) is 115 cm³/mol. The van der Waals surface area contributed by atoms with Crippen LogP contribution in [0.25, 0.3) is 5.69 Å². The zero-order valence-electron chi connectivity index (χ0n) is 16.5. The van der Waals surface area contributed by atoms with Gasteiger partial charge in [-0.15, -0.1) is 0 Å². The number of carbonyl (C=O) groups excluding carboxylic acids is 2. The first-order valence-electron chi connectivity index (χ1n) is 10.3. The van der Waals surface area contributed by atoms with Gasteiger partial charge < -0.3 is 9.88 Å². The summed E-state index contributed by atoms with van der Waals surface area (Å²) in [5, 5.41) is 3.73. The van der Waals surface area contributed by atoms with Crippen molar-refractivity contribution in [2.45, 2.75) is 38.1 Å². The third-order valence-electron chi connectivity index (χ3n) is 6.22. The van der Waals surface area contributed by atoms with Crippen molar-refractivity contribution in [2.75, 3.05) is 0 Å². The minimum atomic E-state index is -0.615. The molecular weight excluding hydrogens is 398 g/mol. The summed E-state index contributed by atoms with van der Waals surface area (Å²) in [5.41, 5.74) is 2.29. The molecular formula is C24H22ClN3O2. The number of ketones is 1. The molecule has 1 aliphatic carbocycles. The highest BCUT2D eigenvalue weighted by molar-refractivity contribution is 6.31. The molecule has 1 aliphatic heterocycles. The van der Waals surface area contributed by atoms with E-state index in [1.807, 2.05) is 18.3 Å². The van der Waals surface area contributed by atoms with Crippen LogP contribution >= 0.6 is 11.6 Å². The van der Waals surface area contributed by atoms with Gasteiger partial charge in [0, 0.05) is 35.1 Å². The van der Waals surface area contributed by atoms with E-state index in [2.05, 4.69) is 27.0 Å². The predicted octanol–water partition coefficient (Wildman–Crippen LogP) is 4.68. The number of Topliss-reactive ketones (excluding diaryl/α,β-unsaturated/α-hetero) is 1. The quantitative estimate of drug-likeness (QED) is 0.610. The van der Waals surface area contributed by atoms with E-state index in [1.54, 1.807) is 30.5 Å². The molecule has 1 saturated carbocycles. The summed E-state index contributed by atoms with van der Waals surface area (Å²) in [7, 11) is 0. The van der Waals surface area contributed by atoms with Crippen LogP contribution in [0.3, 0.4) is 0 Å². The number of halogens is 1. The van der Waals surface area contributed by atoms with Crippen molar-refractivity contribution in [3.63, 3.8) is 0 Å². The number of aryl methyl sites for hydroxylation is 1. The molecule has 0 bridgehead atoms. The first kappa shape index (κ1) is 19.1. The minimum absolute atomic E-state index is 0.0417. The monoisotopic (exact) mass is 419 g/mol. The number of imidazole rings is 1. The number of nitrogens with one attached hydrogen (secondary N) is 1. The number of amides is 1. The third-order valence-corrected chi connectivity index (χ3v) is 6.46. The smallest absolute Gasteiger partial charge is 0.227 e. The van der Waals surface area contributed by atoms with Gasteiger partial charge in [-0.1, -0.05) is 41.9 Å². The molecule has 2 aromatic carbocycles. The zero-order chi connectivity index (χ0) is 20.7. The van der Waals surface area contributed by atoms with E-state index in [4.69, 9.17) is 11.6 Å². The van der Waals surface area contributed by atoms with Gasteiger partial charge in [-0.25, -0.2) is 4.98 Å². The highest BCUT2D eigenvalue weighted by Gasteiger charge is 2.51. The molecule has 1 amide bonds. The summed E-state index contributed by atoms with van der Waals surface area (Å²) >= 11 is 6.02. The summed E-state index contributed by atoms with van der Waals surface area (Å²) in [5.74, 6) is 0.744. The van der Waals surface area contributed by atoms with Crippen molar-refractivity contribution < 1.29 is 9.59 Å². The summed E-state index contributed by atoms with van der Waals surface area (Å²) in [6, 6.07) is 15.0. The van der Waals surface area contributed by atoms with Crippen LogP contribution in [0.2, 0.25) is 5.02 Å². The van der Waals surface area contributed by atoms with Crippen molar-refractivity contribution in [3.05, 3.63) is 82.9 Å². The second kappa shape index (κ2) is 7.40. The summed E-state index contributed by atoms with van der Waals surface area (Å²) in [6.07, 6.45) is 7.01. The maximum atomic E-state index is 13.2. The molecule has 5 rings (SSSR count). The molecule has 1 fully saturated rings. The Morgan fingerprint density at radius 2 is 2.00 bits per heavy atom. The molecule has 0 spiro atoms. The average Bonchev–Trinajstić information content (AvgIpc) is 3.40. The number of benzene rings is 2. The van der Waals surface area contributed by atoms with Gasteiger partial charge >= 0.3 is 0 Å².